The smallest absolute Gasteiger partial charge is 0.307 e. The van der Waals surface area contributed by atoms with Crippen LogP contribution in [0.5, 0.6) is 0 Å². The van der Waals surface area contributed by atoms with Gasteiger partial charge in [0.15, 0.2) is 0 Å². The lowest BCUT2D eigenvalue weighted by Crippen LogP contribution is -2.32. The van der Waals surface area contributed by atoms with Crippen molar-refractivity contribution in [2.24, 2.45) is 5.92 Å². The summed E-state index contributed by atoms with van der Waals surface area (Å²) in [6.45, 7) is 2.67. The van der Waals surface area contributed by atoms with Gasteiger partial charge in [-0.25, -0.2) is 13.1 Å². The van der Waals surface area contributed by atoms with Gasteiger partial charge in [-0.1, -0.05) is 18.3 Å². The normalized spacial score (nSPS) is 12.9. The van der Waals surface area contributed by atoms with Crippen LogP contribution in [0.2, 0.25) is 0 Å². The van der Waals surface area contributed by atoms with E-state index in [1.54, 1.807) is 6.92 Å². The van der Waals surface area contributed by atoms with Gasteiger partial charge in [-0.2, -0.15) is 0 Å². The lowest BCUT2D eigenvalue weighted by molar-refractivity contribution is -0.141. The largest absolute Gasteiger partial charge is 0.481 e. The molecule has 0 radical (unpaired) electrons. The average Bonchev–Trinajstić information content (AvgIpc) is 2.77. The Labute approximate surface area is 119 Å². The van der Waals surface area contributed by atoms with Crippen LogP contribution < -0.4 is 10.0 Å². The molecule has 1 rings (SSSR count). The number of carbonyl (C=O) groups excluding carboxylic acids is 1. The molecule has 9 nitrogen and oxygen atoms in total. The number of aliphatic carboxylic acids is 1. The van der Waals surface area contributed by atoms with Crippen molar-refractivity contribution >= 4 is 38.4 Å². The first-order chi connectivity index (χ1) is 9.26. The molecule has 1 atom stereocenters. The molecule has 0 aliphatic heterocycles. The number of carboxylic acid groups (broad SMARTS) is 1. The second-order valence-corrected chi connectivity index (χ2v) is 6.77. The zero-order valence-corrected chi connectivity index (χ0v) is 12.4. The second kappa shape index (κ2) is 6.72. The lowest BCUT2D eigenvalue weighted by atomic mass is 10.1. The molecule has 1 aromatic rings. The Bertz CT molecular complexity index is 597. The van der Waals surface area contributed by atoms with Crippen LogP contribution in [0.3, 0.4) is 0 Å². The van der Waals surface area contributed by atoms with E-state index in [9.17, 15) is 18.0 Å². The predicted octanol–water partition coefficient (Wildman–Crippen LogP) is -0.114. The van der Waals surface area contributed by atoms with Gasteiger partial charge in [0.05, 0.1) is 5.92 Å². The molecule has 1 heterocycles. The fraction of sp³-hybridized carbons (Fsp3) is 0.556. The second-order valence-electron chi connectivity index (χ2n) is 3.85. The summed E-state index contributed by atoms with van der Waals surface area (Å²) < 4.78 is 25.6. The van der Waals surface area contributed by atoms with Gasteiger partial charge in [0.1, 0.15) is 0 Å². The van der Waals surface area contributed by atoms with Crippen molar-refractivity contribution in [3.8, 4) is 0 Å². The number of nitrogens with zero attached hydrogens (tertiary/aromatic N) is 2. The van der Waals surface area contributed by atoms with Crippen molar-refractivity contribution in [1.82, 2.24) is 14.9 Å². The third-order valence-electron chi connectivity index (χ3n) is 2.28. The van der Waals surface area contributed by atoms with Crippen LogP contribution in [-0.2, 0) is 19.6 Å². The predicted molar refractivity (Wildman–Crippen MR) is 70.8 cm³/mol. The third-order valence-corrected chi connectivity index (χ3v) is 4.91. The van der Waals surface area contributed by atoms with Gasteiger partial charge in [-0.15, -0.1) is 10.2 Å². The number of carboxylic acids is 1. The quantitative estimate of drug-likeness (QED) is 0.595. The van der Waals surface area contributed by atoms with E-state index in [1.165, 1.54) is 6.92 Å². The Morgan fingerprint density at radius 2 is 2.05 bits per heavy atom. The Morgan fingerprint density at radius 3 is 2.55 bits per heavy atom. The summed E-state index contributed by atoms with van der Waals surface area (Å²) in [6.07, 6.45) is 0.297. The van der Waals surface area contributed by atoms with E-state index in [-0.39, 0.29) is 16.0 Å². The summed E-state index contributed by atoms with van der Waals surface area (Å²) in [5, 5.41) is 18.2. The van der Waals surface area contributed by atoms with Crippen LogP contribution in [0.25, 0.3) is 0 Å². The molecule has 0 aliphatic carbocycles. The van der Waals surface area contributed by atoms with Gasteiger partial charge in [0.25, 0.3) is 10.0 Å². The van der Waals surface area contributed by atoms with Gasteiger partial charge in [-0.05, 0) is 6.42 Å². The summed E-state index contributed by atoms with van der Waals surface area (Å²) in [4.78, 5) is 21.6. The lowest BCUT2D eigenvalue weighted by Gasteiger charge is -2.09. The van der Waals surface area contributed by atoms with Gasteiger partial charge in [0, 0.05) is 13.5 Å². The van der Waals surface area contributed by atoms with Crippen LogP contribution in [0.1, 0.15) is 20.3 Å². The number of carbonyl (C=O) groups is 2. The first-order valence-corrected chi connectivity index (χ1v) is 7.89. The van der Waals surface area contributed by atoms with Crippen LogP contribution in [-0.4, -0.2) is 42.1 Å². The fourth-order valence-electron chi connectivity index (χ4n) is 1.20. The molecule has 20 heavy (non-hydrogen) atoms. The zero-order chi connectivity index (χ0) is 15.3. The molecule has 0 saturated heterocycles. The monoisotopic (exact) mass is 322 g/mol. The number of sulfonamides is 1. The molecule has 0 fully saturated rings. The summed E-state index contributed by atoms with van der Waals surface area (Å²) in [5.74, 6) is -2.28. The van der Waals surface area contributed by atoms with E-state index in [2.05, 4.69) is 20.2 Å². The Morgan fingerprint density at radius 1 is 1.40 bits per heavy atom. The minimum atomic E-state index is -3.93. The molecule has 1 amide bonds. The highest BCUT2D eigenvalue weighted by molar-refractivity contribution is 7.91. The number of rotatable bonds is 7. The van der Waals surface area contributed by atoms with Crippen LogP contribution >= 0.6 is 11.3 Å². The molecule has 1 aromatic heterocycles. The minimum Gasteiger partial charge on any atom is -0.481 e. The maximum absolute atomic E-state index is 11.9. The molecule has 0 spiro atoms. The molecular weight excluding hydrogens is 308 g/mol. The van der Waals surface area contributed by atoms with Crippen molar-refractivity contribution in [1.29, 1.82) is 0 Å². The van der Waals surface area contributed by atoms with Gasteiger partial charge < -0.3 is 10.4 Å². The van der Waals surface area contributed by atoms with Crippen molar-refractivity contribution in [3.05, 3.63) is 0 Å². The number of hydrogen-bond donors (Lipinski definition) is 3. The summed E-state index contributed by atoms with van der Waals surface area (Å²) in [7, 11) is -3.93. The summed E-state index contributed by atoms with van der Waals surface area (Å²) >= 11 is 0.684. The number of anilines is 1. The molecule has 0 aliphatic rings. The van der Waals surface area contributed by atoms with Crippen LogP contribution in [0, 0.1) is 5.92 Å². The third kappa shape index (κ3) is 4.51. The number of nitrogens with one attached hydrogen (secondary N) is 2. The first-order valence-electron chi connectivity index (χ1n) is 5.59. The number of amides is 1. The highest BCUT2D eigenvalue weighted by atomic mass is 32.2. The Kier molecular flexibility index (Phi) is 5.53. The van der Waals surface area contributed by atoms with E-state index in [1.807, 2.05) is 0 Å². The topological polar surface area (TPSA) is 138 Å². The van der Waals surface area contributed by atoms with Gasteiger partial charge in [0.2, 0.25) is 15.4 Å². The van der Waals surface area contributed by atoms with E-state index in [0.29, 0.717) is 17.8 Å². The van der Waals surface area contributed by atoms with Crippen molar-refractivity contribution in [2.45, 2.75) is 24.6 Å². The SMILES string of the molecule is CCC(CNS(=O)(=O)c1nnc(NC(C)=O)s1)C(=O)O. The van der Waals surface area contributed by atoms with E-state index in [4.69, 9.17) is 5.11 Å². The van der Waals surface area contributed by atoms with Crippen molar-refractivity contribution in [3.63, 3.8) is 0 Å². The maximum atomic E-state index is 11.9. The molecule has 0 aromatic carbocycles. The maximum Gasteiger partial charge on any atom is 0.307 e. The summed E-state index contributed by atoms with van der Waals surface area (Å²) in [5.41, 5.74) is 0. The molecule has 0 bridgehead atoms. The Hall–Kier alpha value is -1.59. The first kappa shape index (κ1) is 16.5. The number of aromatic nitrogens is 2. The Balaban J connectivity index is 2.76. The molecule has 1 unspecified atom stereocenters. The average molecular weight is 322 g/mol. The summed E-state index contributed by atoms with van der Waals surface area (Å²) in [6, 6.07) is 0. The molecule has 11 heteroatoms. The highest BCUT2D eigenvalue weighted by Crippen LogP contribution is 2.19. The standard InChI is InChI=1S/C9H14N4O5S2/c1-3-6(7(15)16)4-10-20(17,18)9-13-12-8(19-9)11-5(2)14/h6,10H,3-4H2,1-2H3,(H,15,16)(H,11,12,14). The molecule has 3 N–H and O–H groups in total. The van der Waals surface area contributed by atoms with Gasteiger partial charge >= 0.3 is 5.97 Å². The molecule has 112 valence electrons. The molecular formula is C9H14N4O5S2. The van der Waals surface area contributed by atoms with Crippen molar-refractivity contribution < 1.29 is 23.1 Å². The van der Waals surface area contributed by atoms with E-state index in [0.717, 1.165) is 0 Å². The van der Waals surface area contributed by atoms with Gasteiger partial charge in [-0.3, -0.25) is 9.59 Å². The van der Waals surface area contributed by atoms with Crippen LogP contribution in [0.15, 0.2) is 4.34 Å². The minimum absolute atomic E-state index is 0.0585. The molecule has 0 saturated carbocycles. The van der Waals surface area contributed by atoms with Crippen LogP contribution in [0.4, 0.5) is 5.13 Å². The van der Waals surface area contributed by atoms with E-state index >= 15 is 0 Å². The van der Waals surface area contributed by atoms with E-state index < -0.39 is 27.8 Å². The zero-order valence-electron chi connectivity index (χ0n) is 10.8. The fourth-order valence-corrected chi connectivity index (χ4v) is 3.27. The highest BCUT2D eigenvalue weighted by Gasteiger charge is 2.23. The van der Waals surface area contributed by atoms with Crippen molar-refractivity contribution in [2.75, 3.05) is 11.9 Å². The number of hydrogen-bond acceptors (Lipinski definition) is 7.